The maximum Gasteiger partial charge on any atom is 0.169 e. The van der Waals surface area contributed by atoms with Gasteiger partial charge < -0.3 is 15.2 Å². The van der Waals surface area contributed by atoms with Crippen molar-refractivity contribution in [3.63, 3.8) is 0 Å². The molecule has 0 unspecified atom stereocenters. The Morgan fingerprint density at radius 2 is 1.80 bits per heavy atom. The minimum Gasteiger partial charge on any atom is -0.490 e. The minimum absolute atomic E-state index is 0.213. The molecule has 0 aliphatic heterocycles. The van der Waals surface area contributed by atoms with E-state index < -0.39 is 5.82 Å². The lowest BCUT2D eigenvalue weighted by Gasteiger charge is -2.14. The summed E-state index contributed by atoms with van der Waals surface area (Å²) in [6, 6.07) is 12.1. The maximum atomic E-state index is 14.0. The van der Waals surface area contributed by atoms with Gasteiger partial charge in [0, 0.05) is 0 Å². The first-order valence-corrected chi connectivity index (χ1v) is 6.63. The third kappa shape index (κ3) is 3.27. The lowest BCUT2D eigenvalue weighted by molar-refractivity contribution is 0.318. The number of para-hydroxylation sites is 3. The van der Waals surface area contributed by atoms with Gasteiger partial charge in [0.05, 0.1) is 6.61 Å². The minimum atomic E-state index is -0.401. The van der Waals surface area contributed by atoms with Gasteiger partial charge in [0.2, 0.25) is 0 Å². The van der Waals surface area contributed by atoms with Crippen molar-refractivity contribution in [2.45, 2.75) is 13.3 Å². The van der Waals surface area contributed by atoms with E-state index in [1.54, 1.807) is 18.2 Å². The molecule has 0 aromatic heterocycles. The van der Waals surface area contributed by atoms with Gasteiger partial charge in [0.25, 0.3) is 0 Å². The van der Waals surface area contributed by atoms with Gasteiger partial charge in [-0.05, 0) is 43.7 Å². The highest BCUT2D eigenvalue weighted by Crippen LogP contribution is 2.34. The predicted octanol–water partition coefficient (Wildman–Crippen LogP) is 3.52. The number of halogens is 1. The topological polar surface area (TPSA) is 44.5 Å². The summed E-state index contributed by atoms with van der Waals surface area (Å²) in [7, 11) is 0. The number of hydrogen-bond donors (Lipinski definition) is 1. The highest BCUT2D eigenvalue weighted by atomic mass is 19.1. The fourth-order valence-electron chi connectivity index (χ4n) is 1.94. The van der Waals surface area contributed by atoms with E-state index in [0.717, 1.165) is 5.56 Å². The monoisotopic (exact) mass is 275 g/mol. The van der Waals surface area contributed by atoms with Gasteiger partial charge in [0.15, 0.2) is 23.1 Å². The lowest BCUT2D eigenvalue weighted by atomic mass is 10.1. The summed E-state index contributed by atoms with van der Waals surface area (Å²) in [6.07, 6.45) is 0.559. The molecule has 0 radical (unpaired) electrons. The van der Waals surface area contributed by atoms with E-state index in [1.807, 2.05) is 25.1 Å². The van der Waals surface area contributed by atoms with Gasteiger partial charge in [-0.25, -0.2) is 4.39 Å². The maximum absolute atomic E-state index is 14.0. The number of ether oxygens (including phenoxy) is 2. The second-order valence-corrected chi connectivity index (χ2v) is 4.25. The average Bonchev–Trinajstić information content (AvgIpc) is 2.45. The molecular formula is C16H18FNO2. The summed E-state index contributed by atoms with van der Waals surface area (Å²) in [5.74, 6) is 0.905. The van der Waals surface area contributed by atoms with E-state index >= 15 is 0 Å². The molecule has 20 heavy (non-hydrogen) atoms. The van der Waals surface area contributed by atoms with E-state index in [9.17, 15) is 4.39 Å². The van der Waals surface area contributed by atoms with E-state index in [2.05, 4.69) is 0 Å². The third-order valence-corrected chi connectivity index (χ3v) is 2.82. The molecule has 0 spiro atoms. The van der Waals surface area contributed by atoms with Crippen LogP contribution >= 0.6 is 0 Å². The Morgan fingerprint density at radius 3 is 2.50 bits per heavy atom. The van der Waals surface area contributed by atoms with Crippen molar-refractivity contribution in [1.29, 1.82) is 0 Å². The molecule has 0 amide bonds. The van der Waals surface area contributed by atoms with E-state index in [0.29, 0.717) is 31.1 Å². The molecule has 0 heterocycles. The summed E-state index contributed by atoms with van der Waals surface area (Å²) in [6.45, 7) is 2.85. The zero-order chi connectivity index (χ0) is 14.4. The smallest absolute Gasteiger partial charge is 0.169 e. The Labute approximate surface area is 118 Å². The third-order valence-electron chi connectivity index (χ3n) is 2.82. The fraction of sp³-hybridized carbons (Fsp3) is 0.250. The zero-order valence-corrected chi connectivity index (χ0v) is 11.4. The Balaban J connectivity index is 2.34. The van der Waals surface area contributed by atoms with Crippen LogP contribution in [0.1, 0.15) is 12.5 Å². The van der Waals surface area contributed by atoms with Gasteiger partial charge in [-0.3, -0.25) is 0 Å². The van der Waals surface area contributed by atoms with Crippen LogP contribution in [0.5, 0.6) is 17.2 Å². The largest absolute Gasteiger partial charge is 0.490 e. The van der Waals surface area contributed by atoms with Crippen molar-refractivity contribution in [2.75, 3.05) is 13.2 Å². The number of hydrogen-bond acceptors (Lipinski definition) is 3. The lowest BCUT2D eigenvalue weighted by Crippen LogP contribution is -2.05. The van der Waals surface area contributed by atoms with Crippen LogP contribution in [0.15, 0.2) is 42.5 Å². The molecule has 2 aromatic rings. The molecule has 3 nitrogen and oxygen atoms in total. The first-order valence-electron chi connectivity index (χ1n) is 6.63. The molecular weight excluding hydrogens is 257 g/mol. The van der Waals surface area contributed by atoms with Gasteiger partial charge in [-0.2, -0.15) is 0 Å². The second-order valence-electron chi connectivity index (χ2n) is 4.25. The number of nitrogens with two attached hydrogens (primary N) is 1. The molecule has 0 fully saturated rings. The normalized spacial score (nSPS) is 10.3. The van der Waals surface area contributed by atoms with Crippen molar-refractivity contribution >= 4 is 0 Å². The van der Waals surface area contributed by atoms with Crippen LogP contribution in [0.25, 0.3) is 0 Å². The molecule has 2 N–H and O–H groups in total. The molecule has 2 aromatic carbocycles. The number of benzene rings is 2. The SMILES string of the molecule is CCOc1ccccc1Oc1c(F)cccc1CCN. The van der Waals surface area contributed by atoms with Crippen molar-refractivity contribution in [2.24, 2.45) is 5.73 Å². The van der Waals surface area contributed by atoms with Crippen molar-refractivity contribution < 1.29 is 13.9 Å². The standard InChI is InChI=1S/C16H18FNO2/c1-2-19-14-8-3-4-9-15(14)20-16-12(10-11-18)6-5-7-13(16)17/h3-9H,2,10-11,18H2,1H3. The van der Waals surface area contributed by atoms with Gasteiger partial charge in [-0.1, -0.05) is 24.3 Å². The highest BCUT2D eigenvalue weighted by molar-refractivity contribution is 5.45. The predicted molar refractivity (Wildman–Crippen MR) is 76.8 cm³/mol. The number of rotatable bonds is 6. The second kappa shape index (κ2) is 6.91. The van der Waals surface area contributed by atoms with Crippen LogP contribution < -0.4 is 15.2 Å². The van der Waals surface area contributed by atoms with Gasteiger partial charge >= 0.3 is 0 Å². The van der Waals surface area contributed by atoms with Crippen LogP contribution in [0.2, 0.25) is 0 Å². The Bertz CT molecular complexity index is 572. The van der Waals surface area contributed by atoms with Crippen LogP contribution in [0.4, 0.5) is 4.39 Å². The Morgan fingerprint density at radius 1 is 1.05 bits per heavy atom. The Hall–Kier alpha value is -2.07. The molecule has 2 rings (SSSR count). The molecule has 0 saturated carbocycles. The molecule has 0 aliphatic rings. The van der Waals surface area contributed by atoms with Crippen molar-refractivity contribution in [1.82, 2.24) is 0 Å². The van der Waals surface area contributed by atoms with Crippen LogP contribution in [-0.2, 0) is 6.42 Å². The van der Waals surface area contributed by atoms with Crippen molar-refractivity contribution in [3.05, 3.63) is 53.8 Å². The first kappa shape index (κ1) is 14.3. The van der Waals surface area contributed by atoms with E-state index in [4.69, 9.17) is 15.2 Å². The molecule has 0 bridgehead atoms. The summed E-state index contributed by atoms with van der Waals surface area (Å²) < 4.78 is 25.2. The quantitative estimate of drug-likeness (QED) is 0.877. The molecule has 0 aliphatic carbocycles. The van der Waals surface area contributed by atoms with Crippen LogP contribution in [0.3, 0.4) is 0 Å². The molecule has 0 saturated heterocycles. The average molecular weight is 275 g/mol. The van der Waals surface area contributed by atoms with Gasteiger partial charge in [-0.15, -0.1) is 0 Å². The van der Waals surface area contributed by atoms with Crippen molar-refractivity contribution in [3.8, 4) is 17.2 Å². The molecule has 106 valence electrons. The van der Waals surface area contributed by atoms with E-state index in [1.165, 1.54) is 6.07 Å². The summed E-state index contributed by atoms with van der Waals surface area (Å²) in [5, 5.41) is 0. The summed E-state index contributed by atoms with van der Waals surface area (Å²) in [4.78, 5) is 0. The zero-order valence-electron chi connectivity index (χ0n) is 11.4. The fourth-order valence-corrected chi connectivity index (χ4v) is 1.94. The van der Waals surface area contributed by atoms with Crippen LogP contribution in [0, 0.1) is 5.82 Å². The first-order chi connectivity index (χ1) is 9.76. The summed E-state index contributed by atoms with van der Waals surface area (Å²) in [5.41, 5.74) is 6.30. The molecule has 4 heteroatoms. The van der Waals surface area contributed by atoms with Gasteiger partial charge in [0.1, 0.15) is 0 Å². The van der Waals surface area contributed by atoms with Crippen LogP contribution in [-0.4, -0.2) is 13.2 Å². The van der Waals surface area contributed by atoms with E-state index in [-0.39, 0.29) is 5.75 Å². The summed E-state index contributed by atoms with van der Waals surface area (Å²) >= 11 is 0. The molecule has 0 atom stereocenters. The highest BCUT2D eigenvalue weighted by Gasteiger charge is 2.13. The Kier molecular flexibility index (Phi) is 4.96.